The maximum atomic E-state index is 12.1. The van der Waals surface area contributed by atoms with Crippen LogP contribution in [0.25, 0.3) is 11.1 Å². The number of aryl methyl sites for hydroxylation is 1. The quantitative estimate of drug-likeness (QED) is 0.887. The van der Waals surface area contributed by atoms with Gasteiger partial charge in [0, 0.05) is 43.2 Å². The Morgan fingerprint density at radius 2 is 2.30 bits per heavy atom. The number of morpholine rings is 1. The number of aromatic nitrogens is 3. The van der Waals surface area contributed by atoms with Crippen molar-refractivity contribution in [2.24, 2.45) is 7.05 Å². The van der Waals surface area contributed by atoms with E-state index in [9.17, 15) is 4.79 Å². The fourth-order valence-corrected chi connectivity index (χ4v) is 2.51. The Kier molecular flexibility index (Phi) is 3.31. The predicted octanol–water partition coefficient (Wildman–Crippen LogP) is 1.00. The van der Waals surface area contributed by atoms with Crippen molar-refractivity contribution in [2.45, 2.75) is 13.0 Å². The highest BCUT2D eigenvalue weighted by Gasteiger charge is 2.21. The lowest BCUT2D eigenvalue weighted by Crippen LogP contribution is -2.45. The van der Waals surface area contributed by atoms with Crippen LogP contribution in [0.1, 0.15) is 6.92 Å². The summed E-state index contributed by atoms with van der Waals surface area (Å²) < 4.78 is 7.17. The van der Waals surface area contributed by atoms with Crippen LogP contribution in [0.4, 0.5) is 5.69 Å². The largest absolute Gasteiger partial charge is 0.377 e. The maximum Gasteiger partial charge on any atom is 0.271 e. The van der Waals surface area contributed by atoms with Gasteiger partial charge in [-0.15, -0.1) is 0 Å². The monoisotopic (exact) mass is 274 g/mol. The molecule has 1 fully saturated rings. The third-order valence-corrected chi connectivity index (χ3v) is 3.60. The minimum absolute atomic E-state index is 0.0635. The Hall–Kier alpha value is -2.08. The van der Waals surface area contributed by atoms with Crippen LogP contribution in [0.5, 0.6) is 0 Å². The number of nitrogens with one attached hydrogen (secondary N) is 1. The second-order valence-corrected chi connectivity index (χ2v) is 5.12. The van der Waals surface area contributed by atoms with Crippen LogP contribution in [0, 0.1) is 0 Å². The summed E-state index contributed by atoms with van der Waals surface area (Å²) in [4.78, 5) is 17.0. The molecule has 0 amide bonds. The van der Waals surface area contributed by atoms with Gasteiger partial charge in [0.1, 0.15) is 5.69 Å². The number of rotatable bonds is 2. The van der Waals surface area contributed by atoms with Gasteiger partial charge in [0.2, 0.25) is 0 Å². The number of aromatic amines is 1. The van der Waals surface area contributed by atoms with Crippen molar-refractivity contribution in [3.63, 3.8) is 0 Å². The number of H-pyrrole nitrogens is 1. The molecule has 1 aliphatic rings. The lowest BCUT2D eigenvalue weighted by molar-refractivity contribution is 0.0988. The molecule has 1 N–H and O–H groups in total. The van der Waals surface area contributed by atoms with E-state index in [1.165, 1.54) is 0 Å². The smallest absolute Gasteiger partial charge is 0.271 e. The molecule has 3 rings (SSSR count). The van der Waals surface area contributed by atoms with Gasteiger partial charge in [-0.3, -0.25) is 9.48 Å². The lowest BCUT2D eigenvalue weighted by Gasteiger charge is -2.34. The van der Waals surface area contributed by atoms with Crippen molar-refractivity contribution in [1.29, 1.82) is 0 Å². The van der Waals surface area contributed by atoms with Crippen LogP contribution >= 0.6 is 0 Å². The third-order valence-electron chi connectivity index (χ3n) is 3.60. The molecule has 0 saturated carbocycles. The average molecular weight is 274 g/mol. The summed E-state index contributed by atoms with van der Waals surface area (Å²) in [5.41, 5.74) is 2.59. The Morgan fingerprint density at radius 3 is 3.00 bits per heavy atom. The number of hydrogen-bond donors (Lipinski definition) is 1. The molecule has 3 heterocycles. The minimum Gasteiger partial charge on any atom is -0.377 e. The zero-order valence-electron chi connectivity index (χ0n) is 11.7. The van der Waals surface area contributed by atoms with Crippen LogP contribution in [0.2, 0.25) is 0 Å². The van der Waals surface area contributed by atoms with Crippen molar-refractivity contribution < 1.29 is 4.74 Å². The molecule has 20 heavy (non-hydrogen) atoms. The highest BCUT2D eigenvalue weighted by molar-refractivity contribution is 5.66. The Bertz CT molecular complexity index is 661. The molecule has 6 nitrogen and oxygen atoms in total. The Balaban J connectivity index is 2.00. The molecule has 6 heteroatoms. The van der Waals surface area contributed by atoms with E-state index in [-0.39, 0.29) is 11.6 Å². The summed E-state index contributed by atoms with van der Waals surface area (Å²) in [6.45, 7) is 4.10. The van der Waals surface area contributed by atoms with E-state index in [0.717, 1.165) is 17.7 Å². The van der Waals surface area contributed by atoms with E-state index < -0.39 is 0 Å². The first-order valence-electron chi connectivity index (χ1n) is 6.71. The zero-order chi connectivity index (χ0) is 14.1. The van der Waals surface area contributed by atoms with Gasteiger partial charge < -0.3 is 14.6 Å². The SMILES string of the molecule is CC1COCCN1c1cc(-c2cnn(C)c2)c[nH]c1=O. The van der Waals surface area contributed by atoms with Gasteiger partial charge >= 0.3 is 0 Å². The van der Waals surface area contributed by atoms with Gasteiger partial charge in [0.05, 0.1) is 19.4 Å². The minimum atomic E-state index is -0.0635. The molecule has 1 atom stereocenters. The van der Waals surface area contributed by atoms with Crippen molar-refractivity contribution >= 4 is 5.69 Å². The van der Waals surface area contributed by atoms with Crippen LogP contribution in [-0.2, 0) is 11.8 Å². The highest BCUT2D eigenvalue weighted by Crippen LogP contribution is 2.22. The van der Waals surface area contributed by atoms with Crippen LogP contribution in [0.15, 0.2) is 29.5 Å². The number of pyridine rings is 1. The molecule has 2 aromatic rings. The first-order chi connectivity index (χ1) is 9.65. The topological polar surface area (TPSA) is 63.1 Å². The third kappa shape index (κ3) is 2.34. The average Bonchev–Trinajstić information content (AvgIpc) is 2.87. The fourth-order valence-electron chi connectivity index (χ4n) is 2.51. The summed E-state index contributed by atoms with van der Waals surface area (Å²) in [5.74, 6) is 0. The molecular formula is C14H18N4O2. The predicted molar refractivity (Wildman–Crippen MR) is 76.9 cm³/mol. The molecule has 1 saturated heterocycles. The van der Waals surface area contributed by atoms with Crippen molar-refractivity contribution in [1.82, 2.24) is 14.8 Å². The van der Waals surface area contributed by atoms with Crippen molar-refractivity contribution in [2.75, 3.05) is 24.7 Å². The van der Waals surface area contributed by atoms with E-state index in [0.29, 0.717) is 18.9 Å². The van der Waals surface area contributed by atoms with Crippen LogP contribution in [0.3, 0.4) is 0 Å². The molecule has 1 unspecified atom stereocenters. The lowest BCUT2D eigenvalue weighted by atomic mass is 10.1. The summed E-state index contributed by atoms with van der Waals surface area (Å²) in [7, 11) is 1.88. The van der Waals surface area contributed by atoms with Crippen molar-refractivity contribution in [3.8, 4) is 11.1 Å². The number of nitrogens with zero attached hydrogens (tertiary/aromatic N) is 3. The maximum absolute atomic E-state index is 12.1. The molecule has 0 radical (unpaired) electrons. The van der Waals surface area contributed by atoms with E-state index in [4.69, 9.17) is 4.74 Å². The van der Waals surface area contributed by atoms with Gasteiger partial charge in [-0.1, -0.05) is 0 Å². The Morgan fingerprint density at radius 1 is 1.45 bits per heavy atom. The Labute approximate surface area is 117 Å². The molecule has 2 aromatic heterocycles. The van der Waals surface area contributed by atoms with Gasteiger partial charge in [0.15, 0.2) is 0 Å². The molecular weight excluding hydrogens is 256 g/mol. The van der Waals surface area contributed by atoms with E-state index in [1.807, 2.05) is 19.3 Å². The summed E-state index contributed by atoms with van der Waals surface area (Å²) in [6.07, 6.45) is 5.45. The second kappa shape index (κ2) is 5.13. The van der Waals surface area contributed by atoms with E-state index in [1.54, 1.807) is 17.1 Å². The highest BCUT2D eigenvalue weighted by atomic mass is 16.5. The standard InChI is InChI=1S/C14H18N4O2/c1-10-9-20-4-3-18(10)13-5-11(6-15-14(13)19)12-7-16-17(2)8-12/h5-8,10H,3-4,9H2,1-2H3,(H,15,19). The van der Waals surface area contributed by atoms with E-state index >= 15 is 0 Å². The normalized spacial score (nSPS) is 19.3. The fraction of sp³-hybridized carbons (Fsp3) is 0.429. The molecule has 0 aliphatic carbocycles. The number of ether oxygens (including phenoxy) is 1. The summed E-state index contributed by atoms with van der Waals surface area (Å²) >= 11 is 0. The number of hydrogen-bond acceptors (Lipinski definition) is 4. The summed E-state index contributed by atoms with van der Waals surface area (Å²) in [5, 5.41) is 4.16. The van der Waals surface area contributed by atoms with Crippen LogP contribution in [-0.4, -0.2) is 40.6 Å². The molecule has 106 valence electrons. The van der Waals surface area contributed by atoms with Gasteiger partial charge in [-0.05, 0) is 13.0 Å². The first-order valence-corrected chi connectivity index (χ1v) is 6.71. The van der Waals surface area contributed by atoms with Crippen molar-refractivity contribution in [3.05, 3.63) is 35.0 Å². The van der Waals surface area contributed by atoms with Crippen LogP contribution < -0.4 is 10.5 Å². The van der Waals surface area contributed by atoms with Gasteiger partial charge in [0.25, 0.3) is 5.56 Å². The molecule has 1 aliphatic heterocycles. The molecule has 0 bridgehead atoms. The molecule has 0 spiro atoms. The summed E-state index contributed by atoms with van der Waals surface area (Å²) in [6, 6.07) is 2.13. The molecule has 0 aromatic carbocycles. The van der Waals surface area contributed by atoms with Gasteiger partial charge in [-0.25, -0.2) is 0 Å². The zero-order valence-corrected chi connectivity index (χ0v) is 11.7. The first kappa shape index (κ1) is 12.9. The number of anilines is 1. The van der Waals surface area contributed by atoms with Gasteiger partial charge in [-0.2, -0.15) is 5.10 Å². The second-order valence-electron chi connectivity index (χ2n) is 5.12. The van der Waals surface area contributed by atoms with E-state index in [2.05, 4.69) is 21.9 Å².